The Kier molecular flexibility index (Phi) is 4.02. The van der Waals surface area contributed by atoms with Crippen molar-refractivity contribution in [3.8, 4) is 0 Å². The second-order valence-electron chi connectivity index (χ2n) is 6.70. The van der Waals surface area contributed by atoms with E-state index < -0.39 is 5.60 Å². The molecule has 0 radical (unpaired) electrons. The summed E-state index contributed by atoms with van der Waals surface area (Å²) in [6, 6.07) is 14.2. The number of ketones is 1. The predicted octanol–water partition coefficient (Wildman–Crippen LogP) is 2.96. The molecule has 1 fully saturated rings. The summed E-state index contributed by atoms with van der Waals surface area (Å²) in [6.07, 6.45) is 1.55. The number of nitrogens with zero attached hydrogens (tertiary/aromatic N) is 1. The molecule has 2 aromatic carbocycles. The van der Waals surface area contributed by atoms with Crippen LogP contribution in [0.3, 0.4) is 0 Å². The van der Waals surface area contributed by atoms with Gasteiger partial charge in [-0.3, -0.25) is 4.79 Å². The van der Waals surface area contributed by atoms with Gasteiger partial charge < -0.3 is 10.0 Å². The normalized spacial score (nSPS) is 25.8. The summed E-state index contributed by atoms with van der Waals surface area (Å²) in [7, 11) is 4.02. The molecule has 2 aromatic rings. The third-order valence-electron chi connectivity index (χ3n) is 4.75. The van der Waals surface area contributed by atoms with Crippen molar-refractivity contribution in [2.75, 3.05) is 20.6 Å². The average molecular weight is 297 g/mol. The van der Waals surface area contributed by atoms with E-state index in [1.165, 1.54) is 0 Å². The average Bonchev–Trinajstić information content (AvgIpc) is 2.49. The van der Waals surface area contributed by atoms with Crippen LogP contribution in [0.5, 0.6) is 0 Å². The van der Waals surface area contributed by atoms with Crippen LogP contribution in [0.15, 0.2) is 42.5 Å². The zero-order valence-corrected chi connectivity index (χ0v) is 13.2. The molecule has 3 heteroatoms. The summed E-state index contributed by atoms with van der Waals surface area (Å²) in [5.74, 6) is 0.243. The van der Waals surface area contributed by atoms with Crippen molar-refractivity contribution in [1.29, 1.82) is 0 Å². The Morgan fingerprint density at radius 1 is 1.18 bits per heavy atom. The van der Waals surface area contributed by atoms with E-state index in [4.69, 9.17) is 0 Å². The molecule has 3 nitrogen and oxygen atoms in total. The van der Waals surface area contributed by atoms with Crippen molar-refractivity contribution in [3.63, 3.8) is 0 Å². The second-order valence-corrected chi connectivity index (χ2v) is 6.70. The Morgan fingerprint density at radius 2 is 1.91 bits per heavy atom. The maximum atomic E-state index is 12.0. The third kappa shape index (κ3) is 2.79. The smallest absolute Gasteiger partial charge is 0.136 e. The van der Waals surface area contributed by atoms with Gasteiger partial charge in [-0.25, -0.2) is 0 Å². The summed E-state index contributed by atoms with van der Waals surface area (Å²) in [5, 5.41) is 13.6. The highest BCUT2D eigenvalue weighted by atomic mass is 16.3. The minimum atomic E-state index is -1.05. The Labute approximate surface area is 131 Å². The highest BCUT2D eigenvalue weighted by Gasteiger charge is 2.43. The number of benzene rings is 2. The highest BCUT2D eigenvalue weighted by molar-refractivity contribution is 5.84. The lowest BCUT2D eigenvalue weighted by atomic mass is 9.70. The predicted molar refractivity (Wildman–Crippen MR) is 88.7 cm³/mol. The molecule has 0 bridgehead atoms. The molecule has 1 N–H and O–H groups in total. The van der Waals surface area contributed by atoms with E-state index in [0.717, 1.165) is 29.3 Å². The van der Waals surface area contributed by atoms with Crippen molar-refractivity contribution in [1.82, 2.24) is 4.90 Å². The fourth-order valence-electron chi connectivity index (χ4n) is 3.59. The summed E-state index contributed by atoms with van der Waals surface area (Å²) in [6.45, 7) is 0.788. The van der Waals surface area contributed by atoms with Crippen molar-refractivity contribution < 1.29 is 9.90 Å². The molecule has 0 saturated heterocycles. The van der Waals surface area contributed by atoms with Gasteiger partial charge in [-0.1, -0.05) is 36.4 Å². The number of aliphatic hydroxyl groups is 1. The van der Waals surface area contributed by atoms with Gasteiger partial charge in [0.05, 0.1) is 0 Å². The van der Waals surface area contributed by atoms with Crippen molar-refractivity contribution in [2.24, 2.45) is 5.92 Å². The summed E-state index contributed by atoms with van der Waals surface area (Å²) >= 11 is 0. The lowest BCUT2D eigenvalue weighted by Crippen LogP contribution is -2.45. The summed E-state index contributed by atoms with van der Waals surface area (Å²) < 4.78 is 0. The molecule has 2 unspecified atom stereocenters. The maximum absolute atomic E-state index is 12.0. The first-order chi connectivity index (χ1) is 10.5. The molecule has 0 heterocycles. The number of hydrogen-bond donors (Lipinski definition) is 1. The van der Waals surface area contributed by atoms with E-state index in [9.17, 15) is 9.90 Å². The zero-order valence-electron chi connectivity index (χ0n) is 13.2. The lowest BCUT2D eigenvalue weighted by Gasteiger charge is -2.41. The van der Waals surface area contributed by atoms with Crippen molar-refractivity contribution >= 4 is 16.6 Å². The molecule has 1 saturated carbocycles. The van der Waals surface area contributed by atoms with E-state index in [1.54, 1.807) is 0 Å². The molecule has 2 atom stereocenters. The van der Waals surface area contributed by atoms with Gasteiger partial charge in [0, 0.05) is 25.3 Å². The standard InChI is InChI=1S/C19H23NO2/c1-20(2)13-17-9-10-18(21)12-19(17,22)16-8-7-14-5-3-4-6-15(14)11-16/h3-8,11,17,22H,9-10,12-13H2,1-2H3. The van der Waals surface area contributed by atoms with Gasteiger partial charge in [0.15, 0.2) is 0 Å². The Bertz CT molecular complexity index is 695. The van der Waals surface area contributed by atoms with Crippen LogP contribution in [0.4, 0.5) is 0 Å². The van der Waals surface area contributed by atoms with E-state index in [1.807, 2.05) is 50.5 Å². The molecule has 0 aromatic heterocycles. The molecule has 22 heavy (non-hydrogen) atoms. The minimum absolute atomic E-state index is 0.0846. The van der Waals surface area contributed by atoms with Gasteiger partial charge in [0.2, 0.25) is 0 Å². The molecule has 0 amide bonds. The fourth-order valence-corrected chi connectivity index (χ4v) is 3.59. The second kappa shape index (κ2) is 5.82. The van der Waals surface area contributed by atoms with Crippen LogP contribution in [0.1, 0.15) is 24.8 Å². The Hall–Kier alpha value is -1.71. The maximum Gasteiger partial charge on any atom is 0.136 e. The SMILES string of the molecule is CN(C)CC1CCC(=O)CC1(O)c1ccc2ccccc2c1. The van der Waals surface area contributed by atoms with Crippen LogP contribution in [0.25, 0.3) is 10.8 Å². The van der Waals surface area contributed by atoms with E-state index in [-0.39, 0.29) is 18.1 Å². The molecule has 0 spiro atoms. The fraction of sp³-hybridized carbons (Fsp3) is 0.421. The van der Waals surface area contributed by atoms with Gasteiger partial charge in [-0.05, 0) is 42.9 Å². The molecular weight excluding hydrogens is 274 g/mol. The lowest BCUT2D eigenvalue weighted by molar-refractivity contribution is -0.135. The van der Waals surface area contributed by atoms with Crippen LogP contribution in [-0.2, 0) is 10.4 Å². The quantitative estimate of drug-likeness (QED) is 0.947. The topological polar surface area (TPSA) is 40.5 Å². The molecule has 1 aliphatic carbocycles. The number of rotatable bonds is 3. The highest BCUT2D eigenvalue weighted by Crippen LogP contribution is 2.41. The summed E-state index contributed by atoms with van der Waals surface area (Å²) in [5.41, 5.74) is -0.185. The number of Topliss-reactive ketones (excluding diaryl/α,β-unsaturated/α-hetero) is 1. The molecule has 0 aliphatic heterocycles. The zero-order chi connectivity index (χ0) is 15.7. The Balaban J connectivity index is 2.03. The molecule has 3 rings (SSSR count). The number of fused-ring (bicyclic) bond motifs is 1. The van der Waals surface area contributed by atoms with Gasteiger partial charge in [-0.2, -0.15) is 0 Å². The first kappa shape index (κ1) is 15.2. The van der Waals surface area contributed by atoms with Crippen LogP contribution in [0.2, 0.25) is 0 Å². The largest absolute Gasteiger partial charge is 0.384 e. The molecular formula is C19H23NO2. The van der Waals surface area contributed by atoms with Crippen molar-refractivity contribution in [2.45, 2.75) is 24.9 Å². The van der Waals surface area contributed by atoms with Crippen LogP contribution in [-0.4, -0.2) is 36.4 Å². The van der Waals surface area contributed by atoms with Gasteiger partial charge in [-0.15, -0.1) is 0 Å². The molecule has 116 valence electrons. The van der Waals surface area contributed by atoms with E-state index in [0.29, 0.717) is 6.42 Å². The summed E-state index contributed by atoms with van der Waals surface area (Å²) in [4.78, 5) is 14.1. The van der Waals surface area contributed by atoms with Gasteiger partial charge >= 0.3 is 0 Å². The number of hydrogen-bond acceptors (Lipinski definition) is 3. The van der Waals surface area contributed by atoms with Gasteiger partial charge in [0.25, 0.3) is 0 Å². The van der Waals surface area contributed by atoms with Crippen LogP contribution >= 0.6 is 0 Å². The van der Waals surface area contributed by atoms with E-state index in [2.05, 4.69) is 11.0 Å². The number of carbonyl (C=O) groups is 1. The molecule has 1 aliphatic rings. The van der Waals surface area contributed by atoms with E-state index >= 15 is 0 Å². The van der Waals surface area contributed by atoms with Crippen LogP contribution in [0, 0.1) is 5.92 Å². The minimum Gasteiger partial charge on any atom is -0.384 e. The first-order valence-corrected chi connectivity index (χ1v) is 7.87. The van der Waals surface area contributed by atoms with Crippen LogP contribution < -0.4 is 0 Å². The van der Waals surface area contributed by atoms with Crippen molar-refractivity contribution in [3.05, 3.63) is 48.0 Å². The van der Waals surface area contributed by atoms with Gasteiger partial charge in [0.1, 0.15) is 11.4 Å². The monoisotopic (exact) mass is 297 g/mol. The first-order valence-electron chi connectivity index (χ1n) is 7.87. The Morgan fingerprint density at radius 3 is 2.64 bits per heavy atom. The third-order valence-corrected chi connectivity index (χ3v) is 4.75. The number of carbonyl (C=O) groups excluding carboxylic acids is 1.